The summed E-state index contributed by atoms with van der Waals surface area (Å²) in [5, 5.41) is 11.6. The smallest absolute Gasteiger partial charge is 0.306 e. The van der Waals surface area contributed by atoms with Gasteiger partial charge in [-0.25, -0.2) is 4.39 Å². The van der Waals surface area contributed by atoms with Crippen LogP contribution in [0, 0.1) is 17.7 Å². The van der Waals surface area contributed by atoms with E-state index in [4.69, 9.17) is 5.11 Å². The summed E-state index contributed by atoms with van der Waals surface area (Å²) in [5.74, 6) is -2.54. The Bertz CT molecular complexity index is 535. The minimum absolute atomic E-state index is 0.113. The van der Waals surface area contributed by atoms with Gasteiger partial charge in [-0.15, -0.1) is 0 Å². The summed E-state index contributed by atoms with van der Waals surface area (Å²) in [7, 11) is 0. The van der Waals surface area contributed by atoms with E-state index < -0.39 is 17.7 Å². The van der Waals surface area contributed by atoms with Gasteiger partial charge in [-0.05, 0) is 37.5 Å². The van der Waals surface area contributed by atoms with Crippen molar-refractivity contribution in [3.63, 3.8) is 0 Å². The lowest BCUT2D eigenvalue weighted by Crippen LogP contribution is -2.31. The maximum Gasteiger partial charge on any atom is 0.306 e. The lowest BCUT2D eigenvalue weighted by atomic mass is 9.81. The molecule has 0 spiro atoms. The molecule has 0 saturated heterocycles. The molecule has 0 heterocycles. The third-order valence-electron chi connectivity index (χ3n) is 3.58. The number of hydrogen-bond donors (Lipinski definition) is 2. The number of carboxylic acids is 1. The Morgan fingerprint density at radius 3 is 2.70 bits per heavy atom. The van der Waals surface area contributed by atoms with Gasteiger partial charge in [-0.3, -0.25) is 9.59 Å². The first-order valence-corrected chi connectivity index (χ1v) is 7.25. The molecule has 108 valence electrons. The van der Waals surface area contributed by atoms with E-state index in [1.807, 2.05) is 0 Å². The topological polar surface area (TPSA) is 66.4 Å². The van der Waals surface area contributed by atoms with E-state index in [0.29, 0.717) is 30.2 Å². The van der Waals surface area contributed by atoms with Gasteiger partial charge in [0.25, 0.3) is 0 Å². The predicted octanol–water partition coefficient (Wildman–Crippen LogP) is 3.42. The zero-order chi connectivity index (χ0) is 14.7. The van der Waals surface area contributed by atoms with Crippen molar-refractivity contribution in [2.45, 2.75) is 25.7 Å². The molecule has 20 heavy (non-hydrogen) atoms. The zero-order valence-electron chi connectivity index (χ0n) is 10.7. The number of halogens is 2. The van der Waals surface area contributed by atoms with Crippen LogP contribution < -0.4 is 5.32 Å². The highest BCUT2D eigenvalue weighted by Gasteiger charge is 2.31. The molecular formula is C14H15BrFNO3. The van der Waals surface area contributed by atoms with Crippen molar-refractivity contribution in [3.05, 3.63) is 28.5 Å². The van der Waals surface area contributed by atoms with Crippen LogP contribution in [0.3, 0.4) is 0 Å². The number of carboxylic acid groups (broad SMARTS) is 1. The Hall–Kier alpha value is -1.43. The summed E-state index contributed by atoms with van der Waals surface area (Å²) in [4.78, 5) is 23.1. The molecule has 0 aliphatic heterocycles. The first-order valence-electron chi connectivity index (χ1n) is 6.46. The molecule has 6 heteroatoms. The maximum absolute atomic E-state index is 13.6. The molecule has 1 fully saturated rings. The molecule has 1 saturated carbocycles. The largest absolute Gasteiger partial charge is 0.481 e. The van der Waals surface area contributed by atoms with Crippen LogP contribution in [-0.4, -0.2) is 17.0 Å². The van der Waals surface area contributed by atoms with E-state index in [1.165, 1.54) is 12.1 Å². The van der Waals surface area contributed by atoms with Crippen LogP contribution in [0.25, 0.3) is 0 Å². The average molecular weight is 344 g/mol. The second kappa shape index (κ2) is 6.35. The normalized spacial score (nSPS) is 22.3. The van der Waals surface area contributed by atoms with Gasteiger partial charge in [-0.1, -0.05) is 22.4 Å². The van der Waals surface area contributed by atoms with Gasteiger partial charge < -0.3 is 10.4 Å². The van der Waals surface area contributed by atoms with Gasteiger partial charge in [-0.2, -0.15) is 0 Å². The number of amides is 1. The first-order chi connectivity index (χ1) is 9.47. The number of anilines is 1. The summed E-state index contributed by atoms with van der Waals surface area (Å²) < 4.78 is 14.2. The van der Waals surface area contributed by atoms with E-state index in [2.05, 4.69) is 21.2 Å². The van der Waals surface area contributed by atoms with Crippen LogP contribution in [-0.2, 0) is 9.59 Å². The lowest BCUT2D eigenvalue weighted by molar-refractivity contribution is -0.143. The Kier molecular flexibility index (Phi) is 4.75. The number of rotatable bonds is 3. The number of benzene rings is 1. The second-order valence-electron chi connectivity index (χ2n) is 5.01. The molecule has 4 nitrogen and oxygen atoms in total. The van der Waals surface area contributed by atoms with Crippen molar-refractivity contribution < 1.29 is 19.1 Å². The Morgan fingerprint density at radius 2 is 2.00 bits per heavy atom. The van der Waals surface area contributed by atoms with Crippen LogP contribution in [0.2, 0.25) is 0 Å². The van der Waals surface area contributed by atoms with Crippen LogP contribution in [0.1, 0.15) is 25.7 Å². The monoisotopic (exact) mass is 343 g/mol. The highest BCUT2D eigenvalue weighted by molar-refractivity contribution is 9.10. The molecule has 1 aliphatic rings. The Balaban J connectivity index is 2.04. The minimum Gasteiger partial charge on any atom is -0.481 e. The van der Waals surface area contributed by atoms with Gasteiger partial charge in [0, 0.05) is 10.4 Å². The molecule has 1 aromatic rings. The van der Waals surface area contributed by atoms with E-state index in [-0.39, 0.29) is 17.5 Å². The van der Waals surface area contributed by atoms with Gasteiger partial charge in [0.2, 0.25) is 5.91 Å². The molecule has 2 atom stereocenters. The second-order valence-corrected chi connectivity index (χ2v) is 5.93. The van der Waals surface area contributed by atoms with Crippen molar-refractivity contribution in [1.82, 2.24) is 0 Å². The molecule has 0 radical (unpaired) electrons. The molecule has 2 N–H and O–H groups in total. The fourth-order valence-electron chi connectivity index (χ4n) is 2.48. The van der Waals surface area contributed by atoms with Gasteiger partial charge in [0.1, 0.15) is 5.82 Å². The maximum atomic E-state index is 13.6. The number of carbonyl (C=O) groups is 2. The lowest BCUT2D eigenvalue weighted by Gasteiger charge is -2.25. The van der Waals surface area contributed by atoms with Crippen molar-refractivity contribution in [3.8, 4) is 0 Å². The Morgan fingerprint density at radius 1 is 1.30 bits per heavy atom. The van der Waals surface area contributed by atoms with E-state index >= 15 is 0 Å². The van der Waals surface area contributed by atoms with Gasteiger partial charge in [0.05, 0.1) is 11.6 Å². The van der Waals surface area contributed by atoms with Crippen molar-refractivity contribution in [2.75, 3.05) is 5.32 Å². The number of hydrogen-bond acceptors (Lipinski definition) is 2. The SMILES string of the molecule is O=C(O)C1CCCC(C(=O)Nc2cc(Br)ccc2F)C1. The predicted molar refractivity (Wildman–Crippen MR) is 75.8 cm³/mol. The molecule has 2 unspecified atom stereocenters. The fourth-order valence-corrected chi connectivity index (χ4v) is 2.84. The highest BCUT2D eigenvalue weighted by atomic mass is 79.9. The van der Waals surface area contributed by atoms with Crippen LogP contribution in [0.4, 0.5) is 10.1 Å². The summed E-state index contributed by atoms with van der Waals surface area (Å²) in [6, 6.07) is 4.30. The number of carbonyl (C=O) groups excluding carboxylic acids is 1. The quantitative estimate of drug-likeness (QED) is 0.883. The van der Waals surface area contributed by atoms with E-state index in [9.17, 15) is 14.0 Å². The third kappa shape index (κ3) is 3.56. The van der Waals surface area contributed by atoms with Gasteiger partial charge >= 0.3 is 5.97 Å². The van der Waals surface area contributed by atoms with Crippen LogP contribution >= 0.6 is 15.9 Å². The average Bonchev–Trinajstić information content (AvgIpc) is 2.43. The highest BCUT2D eigenvalue weighted by Crippen LogP contribution is 2.30. The van der Waals surface area contributed by atoms with Gasteiger partial charge in [0.15, 0.2) is 0 Å². The molecule has 1 aliphatic carbocycles. The summed E-state index contributed by atoms with van der Waals surface area (Å²) >= 11 is 3.22. The molecule has 2 rings (SSSR count). The zero-order valence-corrected chi connectivity index (χ0v) is 12.3. The molecule has 0 aromatic heterocycles. The summed E-state index contributed by atoms with van der Waals surface area (Å²) in [6.45, 7) is 0. The molecule has 0 bridgehead atoms. The Labute approximate surface area is 124 Å². The molecular weight excluding hydrogens is 329 g/mol. The van der Waals surface area contributed by atoms with Crippen molar-refractivity contribution >= 4 is 33.5 Å². The summed E-state index contributed by atoms with van der Waals surface area (Å²) in [5.41, 5.74) is 0.113. The van der Waals surface area contributed by atoms with E-state index in [1.54, 1.807) is 6.07 Å². The third-order valence-corrected chi connectivity index (χ3v) is 4.07. The number of nitrogens with one attached hydrogen (secondary N) is 1. The molecule has 1 amide bonds. The van der Waals surface area contributed by atoms with Crippen molar-refractivity contribution in [1.29, 1.82) is 0 Å². The van der Waals surface area contributed by atoms with Crippen molar-refractivity contribution in [2.24, 2.45) is 11.8 Å². The minimum atomic E-state index is -0.865. The fraction of sp³-hybridized carbons (Fsp3) is 0.429. The van der Waals surface area contributed by atoms with E-state index in [0.717, 1.165) is 0 Å². The summed E-state index contributed by atoms with van der Waals surface area (Å²) in [6.07, 6.45) is 2.27. The first kappa shape index (κ1) is 15.0. The van der Waals surface area contributed by atoms with Crippen LogP contribution in [0.5, 0.6) is 0 Å². The standard InChI is InChI=1S/C14H15BrFNO3/c15-10-4-5-11(16)12(7-10)17-13(18)8-2-1-3-9(6-8)14(19)20/h4-5,7-9H,1-3,6H2,(H,17,18)(H,19,20). The molecule has 1 aromatic carbocycles. The number of aliphatic carboxylic acids is 1. The van der Waals surface area contributed by atoms with Crippen LogP contribution in [0.15, 0.2) is 22.7 Å².